The number of furan rings is 1. The fourth-order valence-electron chi connectivity index (χ4n) is 11.1. The molecule has 0 saturated heterocycles. The molecule has 0 radical (unpaired) electrons. The molecule has 75 heavy (non-hydrogen) atoms. The topological polar surface area (TPSA) is 21.3 Å². The molecule has 0 aliphatic carbocycles. The van der Waals surface area contributed by atoms with Crippen LogP contribution in [0.4, 0.5) is 17.1 Å². The fourth-order valence-corrected chi connectivity index (χ4v) is 11.1. The maximum absolute atomic E-state index is 6.22. The van der Waals surface area contributed by atoms with E-state index in [1.807, 2.05) is 12.1 Å². The van der Waals surface area contributed by atoms with Gasteiger partial charge in [0, 0.05) is 44.2 Å². The van der Waals surface area contributed by atoms with Crippen molar-refractivity contribution in [1.82, 2.24) is 4.57 Å². The standard InChI is InChI=1S/C72H48N2O/c1-2-13-49(14-3-1)50-33-35-57(36-34-50)63-17-4-8-21-68(63)73(61-44-39-54(40-45-61)52-27-31-56(32-28-52)59-41-46-67-66-20-7-11-24-71(66)75-72(67)48-59)60-42-37-53(38-43-60)51-25-29-55(30-26-51)58-15-12-16-62(47-58)74-69-22-9-5-18-64(69)65-19-6-10-23-70(65)74/h1-48H. The van der Waals surface area contributed by atoms with E-state index in [1.54, 1.807) is 0 Å². The first-order chi connectivity index (χ1) is 37.2. The van der Waals surface area contributed by atoms with Crippen LogP contribution in [0.2, 0.25) is 0 Å². The van der Waals surface area contributed by atoms with Gasteiger partial charge in [-0.3, -0.25) is 0 Å². The lowest BCUT2D eigenvalue weighted by Gasteiger charge is -2.28. The second-order valence-electron chi connectivity index (χ2n) is 19.3. The molecule has 2 aromatic heterocycles. The summed E-state index contributed by atoms with van der Waals surface area (Å²) in [5.41, 5.74) is 22.6. The van der Waals surface area contributed by atoms with Gasteiger partial charge in [-0.2, -0.15) is 0 Å². The number of hydrogen-bond acceptors (Lipinski definition) is 2. The Labute approximate surface area is 436 Å². The van der Waals surface area contributed by atoms with Gasteiger partial charge in [-0.25, -0.2) is 0 Å². The van der Waals surface area contributed by atoms with Gasteiger partial charge >= 0.3 is 0 Å². The third-order valence-corrected chi connectivity index (χ3v) is 14.9. The van der Waals surface area contributed by atoms with Gasteiger partial charge in [0.1, 0.15) is 11.2 Å². The molecular formula is C72H48N2O. The van der Waals surface area contributed by atoms with Crippen LogP contribution in [0.5, 0.6) is 0 Å². The molecule has 3 heteroatoms. The minimum Gasteiger partial charge on any atom is -0.456 e. The molecule has 14 rings (SSSR count). The summed E-state index contributed by atoms with van der Waals surface area (Å²) < 4.78 is 8.61. The van der Waals surface area contributed by atoms with E-state index in [0.29, 0.717) is 0 Å². The average Bonchev–Trinajstić information content (AvgIpc) is 4.05. The summed E-state index contributed by atoms with van der Waals surface area (Å²) in [6.07, 6.45) is 0. The van der Waals surface area contributed by atoms with E-state index < -0.39 is 0 Å². The fraction of sp³-hybridized carbons (Fsp3) is 0. The quantitative estimate of drug-likeness (QED) is 0.136. The minimum atomic E-state index is 0.905. The van der Waals surface area contributed by atoms with Crippen LogP contribution in [0.3, 0.4) is 0 Å². The van der Waals surface area contributed by atoms with E-state index in [1.165, 1.54) is 49.6 Å². The van der Waals surface area contributed by atoms with Crippen molar-refractivity contribution in [3.63, 3.8) is 0 Å². The Kier molecular flexibility index (Phi) is 10.8. The van der Waals surface area contributed by atoms with Crippen LogP contribution in [0.15, 0.2) is 296 Å². The molecule has 0 amide bonds. The molecule has 0 bridgehead atoms. The molecule has 0 spiro atoms. The Bertz CT molecular complexity index is 4300. The maximum Gasteiger partial charge on any atom is 0.136 e. The lowest BCUT2D eigenvalue weighted by atomic mass is 9.97. The van der Waals surface area contributed by atoms with E-state index in [-0.39, 0.29) is 0 Å². The van der Waals surface area contributed by atoms with E-state index in [9.17, 15) is 0 Å². The largest absolute Gasteiger partial charge is 0.456 e. The molecule has 3 nitrogen and oxygen atoms in total. The predicted octanol–water partition coefficient (Wildman–Crippen LogP) is 20.2. The first-order valence-corrected chi connectivity index (χ1v) is 25.6. The number of anilines is 3. The molecule has 0 aliphatic heterocycles. The lowest BCUT2D eigenvalue weighted by Crippen LogP contribution is -2.11. The number of benzene rings is 12. The summed E-state index contributed by atoms with van der Waals surface area (Å²) in [5.74, 6) is 0. The van der Waals surface area contributed by atoms with Gasteiger partial charge in [0.15, 0.2) is 0 Å². The molecule has 352 valence electrons. The van der Waals surface area contributed by atoms with Gasteiger partial charge in [-0.1, -0.05) is 218 Å². The van der Waals surface area contributed by atoms with Gasteiger partial charge in [0.05, 0.1) is 16.7 Å². The zero-order chi connectivity index (χ0) is 49.7. The Morgan fingerprint density at radius 1 is 0.253 bits per heavy atom. The van der Waals surface area contributed by atoms with Crippen molar-refractivity contribution < 1.29 is 4.42 Å². The van der Waals surface area contributed by atoms with Crippen molar-refractivity contribution >= 4 is 60.8 Å². The highest BCUT2D eigenvalue weighted by molar-refractivity contribution is 6.09. The van der Waals surface area contributed by atoms with Gasteiger partial charge in [-0.15, -0.1) is 0 Å². The smallest absolute Gasteiger partial charge is 0.136 e. The third kappa shape index (κ3) is 8.04. The van der Waals surface area contributed by atoms with Crippen molar-refractivity contribution in [2.75, 3.05) is 4.90 Å². The molecule has 0 fully saturated rings. The second-order valence-corrected chi connectivity index (χ2v) is 19.3. The molecule has 12 aromatic carbocycles. The molecule has 0 aliphatic rings. The Balaban J connectivity index is 0.777. The molecule has 0 atom stereocenters. The van der Waals surface area contributed by atoms with Crippen LogP contribution in [0, 0.1) is 0 Å². The van der Waals surface area contributed by atoms with Gasteiger partial charge < -0.3 is 13.9 Å². The molecule has 2 heterocycles. The SMILES string of the molecule is c1ccc(-c2ccc(-c3ccccc3N(c3ccc(-c4ccc(-c5cccc(-n6c7ccccc7c7ccccc76)c5)cc4)cc3)c3ccc(-c4ccc(-c5ccc6c(c5)oc5ccccc56)cc4)cc3)cc2)cc1. The normalized spacial score (nSPS) is 11.5. The summed E-state index contributed by atoms with van der Waals surface area (Å²) in [6, 6.07) is 105. The van der Waals surface area contributed by atoms with Crippen LogP contribution in [0.1, 0.15) is 0 Å². The Morgan fingerprint density at radius 2 is 0.653 bits per heavy atom. The van der Waals surface area contributed by atoms with Crippen molar-refractivity contribution in [3.05, 3.63) is 291 Å². The number of hydrogen-bond donors (Lipinski definition) is 0. The molecule has 0 unspecified atom stereocenters. The Morgan fingerprint density at radius 3 is 1.24 bits per heavy atom. The van der Waals surface area contributed by atoms with E-state index in [0.717, 1.165) is 83.6 Å². The van der Waals surface area contributed by atoms with Crippen LogP contribution in [0.25, 0.3) is 116 Å². The van der Waals surface area contributed by atoms with Crippen LogP contribution in [-0.2, 0) is 0 Å². The summed E-state index contributed by atoms with van der Waals surface area (Å²) >= 11 is 0. The van der Waals surface area contributed by atoms with E-state index in [4.69, 9.17) is 4.42 Å². The van der Waals surface area contributed by atoms with Gasteiger partial charge in [0.25, 0.3) is 0 Å². The third-order valence-electron chi connectivity index (χ3n) is 14.9. The highest BCUT2D eigenvalue weighted by atomic mass is 16.3. The van der Waals surface area contributed by atoms with E-state index >= 15 is 0 Å². The zero-order valence-corrected chi connectivity index (χ0v) is 41.0. The van der Waals surface area contributed by atoms with Crippen molar-refractivity contribution in [2.45, 2.75) is 0 Å². The average molecular weight is 957 g/mol. The highest BCUT2D eigenvalue weighted by Gasteiger charge is 2.19. The number of rotatable bonds is 10. The number of nitrogens with zero attached hydrogens (tertiary/aromatic N) is 2. The van der Waals surface area contributed by atoms with Crippen LogP contribution >= 0.6 is 0 Å². The van der Waals surface area contributed by atoms with Crippen molar-refractivity contribution in [1.29, 1.82) is 0 Å². The number of para-hydroxylation sites is 4. The van der Waals surface area contributed by atoms with Crippen molar-refractivity contribution in [3.8, 4) is 72.4 Å². The molecule has 0 saturated carbocycles. The van der Waals surface area contributed by atoms with Crippen LogP contribution < -0.4 is 4.90 Å². The molecule has 0 N–H and O–H groups in total. The Hall–Kier alpha value is -9.96. The molecular weight excluding hydrogens is 909 g/mol. The summed E-state index contributed by atoms with van der Waals surface area (Å²) in [4.78, 5) is 2.39. The zero-order valence-electron chi connectivity index (χ0n) is 41.0. The van der Waals surface area contributed by atoms with Gasteiger partial charge in [0.2, 0.25) is 0 Å². The highest BCUT2D eigenvalue weighted by Crippen LogP contribution is 2.43. The first-order valence-electron chi connectivity index (χ1n) is 25.6. The first kappa shape index (κ1) is 43.8. The lowest BCUT2D eigenvalue weighted by molar-refractivity contribution is 0.669. The summed E-state index contributed by atoms with van der Waals surface area (Å²) in [6.45, 7) is 0. The van der Waals surface area contributed by atoms with E-state index in [2.05, 4.69) is 289 Å². The predicted molar refractivity (Wildman–Crippen MR) is 315 cm³/mol. The second kappa shape index (κ2) is 18.6. The minimum absolute atomic E-state index is 0.905. The summed E-state index contributed by atoms with van der Waals surface area (Å²) in [7, 11) is 0. The monoisotopic (exact) mass is 956 g/mol. The van der Waals surface area contributed by atoms with Crippen molar-refractivity contribution in [2.24, 2.45) is 0 Å². The number of fused-ring (bicyclic) bond motifs is 6. The molecule has 14 aromatic rings. The van der Waals surface area contributed by atoms with Gasteiger partial charge in [-0.05, 0) is 134 Å². The summed E-state index contributed by atoms with van der Waals surface area (Å²) in [5, 5.41) is 4.81. The maximum atomic E-state index is 6.22. The number of aromatic nitrogens is 1. The van der Waals surface area contributed by atoms with Crippen LogP contribution in [-0.4, -0.2) is 4.57 Å².